The minimum Gasteiger partial charge on any atom is -0.497 e. The number of hydrogen-bond donors (Lipinski definition) is 1. The Morgan fingerprint density at radius 3 is 2.18 bits per heavy atom. The Morgan fingerprint density at radius 2 is 1.55 bits per heavy atom. The molecule has 1 atom stereocenters. The fourth-order valence-electron chi connectivity index (χ4n) is 4.85. The SMILES string of the molecule is COc1ccc(Nc2cc(C)nc(N3CCN(C(=O)C4CC(=O)N(c5ccc(OC)cc5)C4)CC3)n2)cc1. The van der Waals surface area contributed by atoms with Gasteiger partial charge in [-0.25, -0.2) is 4.98 Å². The number of aromatic nitrogens is 2. The first-order valence-corrected chi connectivity index (χ1v) is 12.7. The number of carbonyl (C=O) groups excluding carboxylic acids is 2. The van der Waals surface area contributed by atoms with E-state index in [2.05, 4.69) is 15.2 Å². The molecule has 2 amide bonds. The lowest BCUT2D eigenvalue weighted by molar-refractivity contribution is -0.136. The molecule has 0 radical (unpaired) electrons. The quantitative estimate of drug-likeness (QED) is 0.511. The summed E-state index contributed by atoms with van der Waals surface area (Å²) in [6.07, 6.45) is 0.229. The number of nitrogens with one attached hydrogen (secondary N) is 1. The predicted octanol–water partition coefficient (Wildman–Crippen LogP) is 3.25. The van der Waals surface area contributed by atoms with E-state index < -0.39 is 0 Å². The van der Waals surface area contributed by atoms with Crippen LogP contribution in [0.5, 0.6) is 11.5 Å². The maximum Gasteiger partial charge on any atom is 0.228 e. The summed E-state index contributed by atoms with van der Waals surface area (Å²) in [5.41, 5.74) is 2.54. The van der Waals surface area contributed by atoms with Crippen LogP contribution in [0.4, 0.5) is 23.1 Å². The molecule has 2 saturated heterocycles. The smallest absolute Gasteiger partial charge is 0.228 e. The van der Waals surface area contributed by atoms with Gasteiger partial charge in [-0.1, -0.05) is 0 Å². The van der Waals surface area contributed by atoms with Gasteiger partial charge in [-0.05, 0) is 55.5 Å². The Kier molecular flexibility index (Phi) is 7.30. The number of nitrogens with zero attached hydrogens (tertiary/aromatic N) is 5. The van der Waals surface area contributed by atoms with Crippen molar-refractivity contribution in [2.75, 3.05) is 62.1 Å². The molecule has 2 aliphatic heterocycles. The fourth-order valence-corrected chi connectivity index (χ4v) is 4.85. The maximum absolute atomic E-state index is 13.3. The average molecular weight is 517 g/mol. The summed E-state index contributed by atoms with van der Waals surface area (Å²) < 4.78 is 10.4. The first-order valence-electron chi connectivity index (χ1n) is 12.7. The van der Waals surface area contributed by atoms with Crippen LogP contribution in [0.3, 0.4) is 0 Å². The van der Waals surface area contributed by atoms with Gasteiger partial charge in [0.1, 0.15) is 17.3 Å². The van der Waals surface area contributed by atoms with Crippen molar-refractivity contribution in [3.8, 4) is 11.5 Å². The Hall–Kier alpha value is -4.34. The predicted molar refractivity (Wildman–Crippen MR) is 145 cm³/mol. The maximum atomic E-state index is 13.3. The number of aryl methyl sites for hydroxylation is 1. The minimum atomic E-state index is -0.341. The molecule has 2 aliphatic rings. The number of carbonyl (C=O) groups is 2. The molecule has 1 unspecified atom stereocenters. The average Bonchev–Trinajstić information content (AvgIpc) is 3.34. The number of benzene rings is 2. The molecule has 38 heavy (non-hydrogen) atoms. The molecule has 5 rings (SSSR count). The van der Waals surface area contributed by atoms with Crippen LogP contribution >= 0.6 is 0 Å². The highest BCUT2D eigenvalue weighted by Crippen LogP contribution is 2.28. The molecule has 0 aliphatic carbocycles. The van der Waals surface area contributed by atoms with Crippen molar-refractivity contribution in [1.82, 2.24) is 14.9 Å². The van der Waals surface area contributed by atoms with E-state index in [4.69, 9.17) is 14.5 Å². The Bertz CT molecular complexity index is 1290. The highest BCUT2D eigenvalue weighted by molar-refractivity contribution is 6.00. The molecular formula is C28H32N6O4. The number of methoxy groups -OCH3 is 2. The van der Waals surface area contributed by atoms with Gasteiger partial charge in [0.05, 0.1) is 20.1 Å². The van der Waals surface area contributed by atoms with E-state index in [-0.39, 0.29) is 24.2 Å². The van der Waals surface area contributed by atoms with Gasteiger partial charge in [-0.2, -0.15) is 4.98 Å². The van der Waals surface area contributed by atoms with E-state index in [1.807, 2.05) is 66.4 Å². The Balaban J connectivity index is 1.19. The zero-order valence-electron chi connectivity index (χ0n) is 21.9. The Labute approximate surface area is 222 Å². The Morgan fingerprint density at radius 1 is 0.921 bits per heavy atom. The molecule has 2 aromatic carbocycles. The van der Waals surface area contributed by atoms with Gasteiger partial charge in [0.25, 0.3) is 0 Å². The summed E-state index contributed by atoms with van der Waals surface area (Å²) in [7, 11) is 3.24. The molecule has 10 nitrogen and oxygen atoms in total. The molecule has 0 spiro atoms. The molecule has 3 aromatic rings. The number of rotatable bonds is 7. The molecule has 0 bridgehead atoms. The van der Waals surface area contributed by atoms with Gasteiger partial charge in [-0.15, -0.1) is 0 Å². The van der Waals surface area contributed by atoms with Gasteiger partial charge in [-0.3, -0.25) is 9.59 Å². The van der Waals surface area contributed by atoms with Gasteiger partial charge in [0.2, 0.25) is 17.8 Å². The van der Waals surface area contributed by atoms with E-state index in [0.29, 0.717) is 44.5 Å². The van der Waals surface area contributed by atoms with Crippen LogP contribution in [0.2, 0.25) is 0 Å². The highest BCUT2D eigenvalue weighted by atomic mass is 16.5. The molecule has 2 fully saturated rings. The number of piperazine rings is 1. The molecule has 198 valence electrons. The normalized spacial score (nSPS) is 17.5. The third kappa shape index (κ3) is 5.49. The zero-order valence-corrected chi connectivity index (χ0v) is 21.9. The fraction of sp³-hybridized carbons (Fsp3) is 0.357. The first-order chi connectivity index (χ1) is 18.4. The van der Waals surface area contributed by atoms with Crippen LogP contribution in [0.1, 0.15) is 12.1 Å². The number of amides is 2. The summed E-state index contributed by atoms with van der Waals surface area (Å²) in [6.45, 7) is 4.71. The molecular weight excluding hydrogens is 484 g/mol. The van der Waals surface area contributed by atoms with E-state index in [1.165, 1.54) is 0 Å². The molecule has 0 saturated carbocycles. The summed E-state index contributed by atoms with van der Waals surface area (Å²) >= 11 is 0. The van der Waals surface area contributed by atoms with Gasteiger partial charge in [0.15, 0.2) is 0 Å². The lowest BCUT2D eigenvalue weighted by Crippen LogP contribution is -2.51. The van der Waals surface area contributed by atoms with Crippen molar-refractivity contribution in [3.05, 3.63) is 60.3 Å². The van der Waals surface area contributed by atoms with Gasteiger partial charge >= 0.3 is 0 Å². The topological polar surface area (TPSA) is 100 Å². The zero-order chi connectivity index (χ0) is 26.6. The second-order valence-corrected chi connectivity index (χ2v) is 9.46. The van der Waals surface area contributed by atoms with E-state index in [1.54, 1.807) is 19.1 Å². The summed E-state index contributed by atoms with van der Waals surface area (Å²) in [4.78, 5) is 41.0. The van der Waals surface area contributed by atoms with Crippen LogP contribution < -0.4 is 24.6 Å². The van der Waals surface area contributed by atoms with Crippen molar-refractivity contribution in [2.45, 2.75) is 13.3 Å². The third-order valence-corrected chi connectivity index (χ3v) is 6.94. The van der Waals surface area contributed by atoms with E-state index in [9.17, 15) is 9.59 Å². The summed E-state index contributed by atoms with van der Waals surface area (Å²) in [6, 6.07) is 16.9. The van der Waals surface area contributed by atoms with Crippen LogP contribution in [-0.2, 0) is 9.59 Å². The largest absolute Gasteiger partial charge is 0.497 e. The molecule has 3 heterocycles. The van der Waals surface area contributed by atoms with Crippen molar-refractivity contribution < 1.29 is 19.1 Å². The van der Waals surface area contributed by atoms with Crippen molar-refractivity contribution in [2.24, 2.45) is 5.92 Å². The monoisotopic (exact) mass is 516 g/mol. The molecule has 1 aromatic heterocycles. The number of ether oxygens (including phenoxy) is 2. The van der Waals surface area contributed by atoms with Crippen molar-refractivity contribution >= 4 is 35.0 Å². The lowest BCUT2D eigenvalue weighted by atomic mass is 10.1. The van der Waals surface area contributed by atoms with Crippen LogP contribution in [0.15, 0.2) is 54.6 Å². The summed E-state index contributed by atoms with van der Waals surface area (Å²) in [5, 5.41) is 3.33. The second kappa shape index (κ2) is 11.0. The van der Waals surface area contributed by atoms with E-state index in [0.717, 1.165) is 28.6 Å². The van der Waals surface area contributed by atoms with Crippen LogP contribution in [0, 0.1) is 12.8 Å². The van der Waals surface area contributed by atoms with Crippen molar-refractivity contribution in [1.29, 1.82) is 0 Å². The first kappa shape index (κ1) is 25.3. The number of anilines is 4. The van der Waals surface area contributed by atoms with E-state index >= 15 is 0 Å². The van der Waals surface area contributed by atoms with Crippen molar-refractivity contribution in [3.63, 3.8) is 0 Å². The second-order valence-electron chi connectivity index (χ2n) is 9.46. The minimum absolute atomic E-state index is 0.0287. The third-order valence-electron chi connectivity index (χ3n) is 6.94. The molecule has 1 N–H and O–H groups in total. The van der Waals surface area contributed by atoms with Gasteiger partial charge in [0, 0.05) is 62.3 Å². The lowest BCUT2D eigenvalue weighted by Gasteiger charge is -2.36. The number of hydrogen-bond acceptors (Lipinski definition) is 8. The summed E-state index contributed by atoms with van der Waals surface area (Å²) in [5.74, 6) is 2.52. The van der Waals surface area contributed by atoms with Crippen LogP contribution in [-0.4, -0.2) is 73.6 Å². The van der Waals surface area contributed by atoms with Gasteiger partial charge < -0.3 is 29.5 Å². The highest BCUT2D eigenvalue weighted by Gasteiger charge is 2.38. The molecule has 10 heteroatoms. The van der Waals surface area contributed by atoms with Crippen LogP contribution in [0.25, 0.3) is 0 Å². The standard InChI is InChI=1S/C28H32N6O4/c1-19-16-25(30-21-4-8-23(37-2)9-5-21)31-28(29-19)33-14-12-32(13-15-33)27(36)20-17-26(35)34(18-20)22-6-10-24(38-3)11-7-22/h4-11,16,20H,12-15,17-18H2,1-3H3,(H,29,30,31).